The van der Waals surface area contributed by atoms with Crippen molar-refractivity contribution in [2.75, 3.05) is 19.7 Å². The summed E-state index contributed by atoms with van der Waals surface area (Å²) in [5.41, 5.74) is 0. The van der Waals surface area contributed by atoms with Crippen molar-refractivity contribution in [3.63, 3.8) is 0 Å². The summed E-state index contributed by atoms with van der Waals surface area (Å²) in [4.78, 5) is 12.5. The van der Waals surface area contributed by atoms with Crippen molar-refractivity contribution in [3.8, 4) is 0 Å². The zero-order chi connectivity index (χ0) is 8.27. The lowest BCUT2D eigenvalue weighted by Crippen LogP contribution is -2.30. The van der Waals surface area contributed by atoms with Gasteiger partial charge in [0.25, 0.3) is 0 Å². The minimum Gasteiger partial charge on any atom is -0.450 e. The second-order valence-electron chi connectivity index (χ2n) is 2.59. The van der Waals surface area contributed by atoms with E-state index in [1.165, 1.54) is 4.90 Å². The molecular formula is C7H13NO3. The van der Waals surface area contributed by atoms with Gasteiger partial charge < -0.3 is 14.7 Å². The Bertz CT molecular complexity index is 149. The highest BCUT2D eigenvalue weighted by Gasteiger charge is 2.24. The summed E-state index contributed by atoms with van der Waals surface area (Å²) in [6.45, 7) is 3.19. The molecule has 0 spiro atoms. The molecule has 0 saturated carbocycles. The van der Waals surface area contributed by atoms with E-state index in [1.807, 2.05) is 0 Å². The molecule has 1 heterocycles. The van der Waals surface area contributed by atoms with Crippen LogP contribution in [0.3, 0.4) is 0 Å². The molecule has 0 bridgehead atoms. The normalized spacial score (nSPS) is 23.8. The second-order valence-corrected chi connectivity index (χ2v) is 2.59. The predicted molar refractivity (Wildman–Crippen MR) is 39.2 cm³/mol. The number of aliphatic hydroxyl groups excluding tert-OH is 1. The van der Waals surface area contributed by atoms with Crippen molar-refractivity contribution in [1.82, 2.24) is 4.90 Å². The third-order valence-electron chi connectivity index (χ3n) is 1.69. The number of amides is 1. The summed E-state index contributed by atoms with van der Waals surface area (Å²) >= 11 is 0. The standard InChI is InChI=1S/C7H13NO3/c1-2-11-7(10)8-4-3-6(9)5-8/h6,9H,2-5H2,1H3/t6-/m1/s1. The first-order chi connectivity index (χ1) is 5.24. The number of hydrogen-bond donors (Lipinski definition) is 1. The maximum absolute atomic E-state index is 11.0. The first-order valence-electron chi connectivity index (χ1n) is 3.83. The van der Waals surface area contributed by atoms with Gasteiger partial charge in [-0.05, 0) is 13.3 Å². The summed E-state index contributed by atoms with van der Waals surface area (Å²) in [6, 6.07) is 0. The first-order valence-corrected chi connectivity index (χ1v) is 3.83. The van der Waals surface area contributed by atoms with Gasteiger partial charge in [0.2, 0.25) is 0 Å². The second kappa shape index (κ2) is 3.57. The number of rotatable bonds is 1. The van der Waals surface area contributed by atoms with E-state index in [4.69, 9.17) is 9.84 Å². The van der Waals surface area contributed by atoms with Crippen LogP contribution in [0.1, 0.15) is 13.3 Å². The lowest BCUT2D eigenvalue weighted by atomic mass is 10.3. The molecule has 1 fully saturated rings. The predicted octanol–water partition coefficient (Wildman–Crippen LogP) is 0.209. The van der Waals surface area contributed by atoms with E-state index in [0.717, 1.165) is 0 Å². The van der Waals surface area contributed by atoms with E-state index in [9.17, 15) is 4.79 Å². The largest absolute Gasteiger partial charge is 0.450 e. The van der Waals surface area contributed by atoms with E-state index in [-0.39, 0.29) is 12.2 Å². The monoisotopic (exact) mass is 159 g/mol. The summed E-state index contributed by atoms with van der Waals surface area (Å²) in [5, 5.41) is 9.07. The smallest absolute Gasteiger partial charge is 0.409 e. The Hall–Kier alpha value is -0.770. The third-order valence-corrected chi connectivity index (χ3v) is 1.69. The molecule has 4 nitrogen and oxygen atoms in total. The minimum absolute atomic E-state index is 0.316. The molecule has 4 heteroatoms. The van der Waals surface area contributed by atoms with Crippen molar-refractivity contribution in [2.24, 2.45) is 0 Å². The van der Waals surface area contributed by atoms with Crippen LogP contribution >= 0.6 is 0 Å². The molecule has 0 radical (unpaired) electrons. The number of hydrogen-bond acceptors (Lipinski definition) is 3. The maximum Gasteiger partial charge on any atom is 0.409 e. The van der Waals surface area contributed by atoms with Crippen molar-refractivity contribution >= 4 is 6.09 Å². The van der Waals surface area contributed by atoms with Crippen LogP contribution < -0.4 is 0 Å². The van der Waals surface area contributed by atoms with Crippen LogP contribution in [0.2, 0.25) is 0 Å². The molecule has 0 unspecified atom stereocenters. The molecule has 1 amide bonds. The van der Waals surface area contributed by atoms with Crippen LogP contribution in [-0.2, 0) is 4.74 Å². The highest BCUT2D eigenvalue weighted by atomic mass is 16.6. The molecule has 11 heavy (non-hydrogen) atoms. The van der Waals surface area contributed by atoms with E-state index < -0.39 is 0 Å². The molecule has 1 aliphatic rings. The Labute approximate surface area is 65.8 Å². The SMILES string of the molecule is CCOC(=O)N1CC[C@@H](O)C1. The fraction of sp³-hybridized carbons (Fsp3) is 0.857. The maximum atomic E-state index is 11.0. The van der Waals surface area contributed by atoms with Gasteiger partial charge in [0.15, 0.2) is 0 Å². The summed E-state index contributed by atoms with van der Waals surface area (Å²) < 4.78 is 4.75. The Balaban J connectivity index is 2.31. The van der Waals surface area contributed by atoms with E-state index in [0.29, 0.717) is 26.1 Å². The van der Waals surface area contributed by atoms with Crippen LogP contribution in [-0.4, -0.2) is 41.9 Å². The molecule has 1 atom stereocenters. The quantitative estimate of drug-likeness (QED) is 0.595. The van der Waals surface area contributed by atoms with Crippen LogP contribution in [0.5, 0.6) is 0 Å². The molecule has 0 aromatic rings. The number of ether oxygens (including phenoxy) is 1. The number of aliphatic hydroxyl groups is 1. The Morgan fingerprint density at radius 2 is 2.55 bits per heavy atom. The highest BCUT2D eigenvalue weighted by Crippen LogP contribution is 2.09. The summed E-state index contributed by atoms with van der Waals surface area (Å²) in [6.07, 6.45) is -0.0119. The van der Waals surface area contributed by atoms with E-state index in [1.54, 1.807) is 6.92 Å². The van der Waals surface area contributed by atoms with Crippen LogP contribution in [0.25, 0.3) is 0 Å². The van der Waals surface area contributed by atoms with Crippen LogP contribution in [0, 0.1) is 0 Å². The fourth-order valence-corrected chi connectivity index (χ4v) is 1.12. The number of carbonyl (C=O) groups is 1. The number of β-amino-alcohol motifs (C(OH)–C–C–N with tert-alkyl or cyclic N) is 1. The molecule has 1 rings (SSSR count). The molecule has 0 aromatic carbocycles. The fourth-order valence-electron chi connectivity index (χ4n) is 1.12. The lowest BCUT2D eigenvalue weighted by molar-refractivity contribution is 0.107. The Kier molecular flexibility index (Phi) is 2.70. The molecule has 1 saturated heterocycles. The molecule has 0 aromatic heterocycles. The summed E-state index contributed by atoms with van der Waals surface area (Å²) in [5.74, 6) is 0. The van der Waals surface area contributed by atoms with Gasteiger partial charge in [0, 0.05) is 13.1 Å². The lowest BCUT2D eigenvalue weighted by Gasteiger charge is -2.13. The zero-order valence-electron chi connectivity index (χ0n) is 6.62. The van der Waals surface area contributed by atoms with E-state index in [2.05, 4.69) is 0 Å². The van der Waals surface area contributed by atoms with Crippen molar-refractivity contribution < 1.29 is 14.6 Å². The van der Waals surface area contributed by atoms with Gasteiger partial charge in [0.05, 0.1) is 12.7 Å². The van der Waals surface area contributed by atoms with Gasteiger partial charge in [0.1, 0.15) is 0 Å². The van der Waals surface area contributed by atoms with Gasteiger partial charge >= 0.3 is 6.09 Å². The molecule has 64 valence electrons. The average Bonchev–Trinajstić information content (AvgIpc) is 2.36. The van der Waals surface area contributed by atoms with Crippen LogP contribution in [0.15, 0.2) is 0 Å². The van der Waals surface area contributed by atoms with Crippen molar-refractivity contribution in [3.05, 3.63) is 0 Å². The molecule has 1 aliphatic heterocycles. The topological polar surface area (TPSA) is 49.8 Å². The highest BCUT2D eigenvalue weighted by molar-refractivity contribution is 5.67. The van der Waals surface area contributed by atoms with Crippen molar-refractivity contribution in [1.29, 1.82) is 0 Å². The average molecular weight is 159 g/mol. The Morgan fingerprint density at radius 1 is 1.82 bits per heavy atom. The summed E-state index contributed by atoms with van der Waals surface area (Å²) in [7, 11) is 0. The van der Waals surface area contributed by atoms with Gasteiger partial charge in [-0.2, -0.15) is 0 Å². The first kappa shape index (κ1) is 8.33. The molecular weight excluding hydrogens is 146 g/mol. The molecule has 1 N–H and O–H groups in total. The van der Waals surface area contributed by atoms with Crippen molar-refractivity contribution in [2.45, 2.75) is 19.4 Å². The van der Waals surface area contributed by atoms with Gasteiger partial charge in [-0.3, -0.25) is 0 Å². The zero-order valence-corrected chi connectivity index (χ0v) is 6.62. The number of nitrogens with zero attached hydrogens (tertiary/aromatic N) is 1. The minimum atomic E-state index is -0.362. The van der Waals surface area contributed by atoms with Gasteiger partial charge in [-0.1, -0.05) is 0 Å². The third kappa shape index (κ3) is 2.08. The number of carbonyl (C=O) groups excluding carboxylic acids is 1. The van der Waals surface area contributed by atoms with Gasteiger partial charge in [-0.15, -0.1) is 0 Å². The van der Waals surface area contributed by atoms with E-state index >= 15 is 0 Å². The molecule has 0 aliphatic carbocycles. The van der Waals surface area contributed by atoms with Crippen LogP contribution in [0.4, 0.5) is 4.79 Å². The Morgan fingerprint density at radius 3 is 3.00 bits per heavy atom. The van der Waals surface area contributed by atoms with Gasteiger partial charge in [-0.25, -0.2) is 4.79 Å². The number of likely N-dealkylation sites (tertiary alicyclic amines) is 1.